The molecule has 1 saturated carbocycles. The van der Waals surface area contributed by atoms with Gasteiger partial charge in [0.05, 0.1) is 5.39 Å². The summed E-state index contributed by atoms with van der Waals surface area (Å²) in [5, 5.41) is 12.7. The number of carbonyl (C=O) groups excluding carboxylic acids is 1. The molecule has 0 spiro atoms. The number of hydrogen-bond acceptors (Lipinski definition) is 8. The van der Waals surface area contributed by atoms with Gasteiger partial charge < -0.3 is 21.3 Å². The van der Waals surface area contributed by atoms with E-state index in [4.69, 9.17) is 15.7 Å². The standard InChI is InChI=1S/C25H36N8OS/c1-14(2)33-12-11-20(31-33)28-25-29-23(27-16-6-8-17(9-7-16)32(3)4)21-18-13-15(22(26)34)5-10-19(18)35-24(21)30-25/h11-12,14-17H,5-10,13H2,1-4H3,(H2,26,34)(H2,27,28,29,30,31)/t15-,16-,17-/m1/s1. The summed E-state index contributed by atoms with van der Waals surface area (Å²) in [6.07, 6.45) is 8.84. The summed E-state index contributed by atoms with van der Waals surface area (Å²) in [7, 11) is 4.33. The van der Waals surface area contributed by atoms with Crippen LogP contribution in [-0.4, -0.2) is 56.7 Å². The second kappa shape index (κ2) is 9.73. The largest absolute Gasteiger partial charge is 0.369 e. The predicted octanol–water partition coefficient (Wildman–Crippen LogP) is 4.09. The summed E-state index contributed by atoms with van der Waals surface area (Å²) in [4.78, 5) is 26.4. The molecule has 5 rings (SSSR count). The van der Waals surface area contributed by atoms with E-state index < -0.39 is 0 Å². The van der Waals surface area contributed by atoms with Crippen molar-refractivity contribution < 1.29 is 4.79 Å². The number of hydrogen-bond donors (Lipinski definition) is 3. The number of aryl methyl sites for hydroxylation is 1. The maximum absolute atomic E-state index is 12.0. The van der Waals surface area contributed by atoms with Crippen molar-refractivity contribution in [3.63, 3.8) is 0 Å². The minimum Gasteiger partial charge on any atom is -0.369 e. The molecule has 1 fully saturated rings. The highest BCUT2D eigenvalue weighted by Crippen LogP contribution is 2.41. The first-order valence-electron chi connectivity index (χ1n) is 12.6. The highest BCUT2D eigenvalue weighted by Gasteiger charge is 2.30. The Morgan fingerprint density at radius 3 is 2.63 bits per heavy atom. The van der Waals surface area contributed by atoms with E-state index in [1.165, 1.54) is 23.3 Å². The molecule has 1 atom stereocenters. The van der Waals surface area contributed by atoms with E-state index in [0.717, 1.165) is 47.5 Å². The lowest BCUT2D eigenvalue weighted by atomic mass is 9.86. The Kier molecular flexibility index (Phi) is 6.67. The van der Waals surface area contributed by atoms with Crippen LogP contribution in [0, 0.1) is 5.92 Å². The van der Waals surface area contributed by atoms with Gasteiger partial charge in [0, 0.05) is 41.2 Å². The normalized spacial score (nSPS) is 22.5. The molecule has 3 aromatic rings. The lowest BCUT2D eigenvalue weighted by molar-refractivity contribution is -0.122. The monoisotopic (exact) mass is 496 g/mol. The molecule has 10 heteroatoms. The Bertz CT molecular complexity index is 1210. The number of carbonyl (C=O) groups is 1. The Balaban J connectivity index is 1.48. The Morgan fingerprint density at radius 1 is 1.20 bits per heavy atom. The minimum absolute atomic E-state index is 0.124. The van der Waals surface area contributed by atoms with Gasteiger partial charge in [-0.3, -0.25) is 9.48 Å². The summed E-state index contributed by atoms with van der Waals surface area (Å²) in [6.45, 7) is 4.20. The van der Waals surface area contributed by atoms with Crippen molar-refractivity contribution in [1.82, 2.24) is 24.6 Å². The molecule has 0 aromatic carbocycles. The van der Waals surface area contributed by atoms with Crippen LogP contribution < -0.4 is 16.4 Å². The van der Waals surface area contributed by atoms with Crippen LogP contribution >= 0.6 is 11.3 Å². The summed E-state index contributed by atoms with van der Waals surface area (Å²) >= 11 is 1.71. The zero-order valence-corrected chi connectivity index (χ0v) is 21.9. The van der Waals surface area contributed by atoms with Crippen LogP contribution in [0.2, 0.25) is 0 Å². The zero-order chi connectivity index (χ0) is 24.7. The number of rotatable bonds is 7. The van der Waals surface area contributed by atoms with Crippen LogP contribution in [0.15, 0.2) is 12.3 Å². The molecule has 0 bridgehead atoms. The smallest absolute Gasteiger partial charge is 0.231 e. The number of aromatic nitrogens is 4. The molecule has 35 heavy (non-hydrogen) atoms. The first kappa shape index (κ1) is 24.0. The number of nitrogens with one attached hydrogen (secondary N) is 2. The van der Waals surface area contributed by atoms with Gasteiger partial charge in [-0.15, -0.1) is 11.3 Å². The molecule has 1 amide bonds. The van der Waals surface area contributed by atoms with Gasteiger partial charge in [0.25, 0.3) is 0 Å². The fraction of sp³-hybridized carbons (Fsp3) is 0.600. The van der Waals surface area contributed by atoms with E-state index in [1.807, 2.05) is 16.9 Å². The number of nitrogens with two attached hydrogens (primary N) is 1. The third-order valence-electron chi connectivity index (χ3n) is 7.45. The van der Waals surface area contributed by atoms with Gasteiger partial charge in [-0.05, 0) is 78.5 Å². The fourth-order valence-electron chi connectivity index (χ4n) is 5.32. The van der Waals surface area contributed by atoms with Gasteiger partial charge in [-0.25, -0.2) is 4.98 Å². The third kappa shape index (κ3) is 4.99. The minimum atomic E-state index is -0.216. The Morgan fingerprint density at radius 2 is 1.97 bits per heavy atom. The van der Waals surface area contributed by atoms with E-state index in [0.29, 0.717) is 24.5 Å². The van der Waals surface area contributed by atoms with Crippen LogP contribution in [0.3, 0.4) is 0 Å². The van der Waals surface area contributed by atoms with Gasteiger partial charge in [-0.1, -0.05) is 0 Å². The Labute approximate surface area is 210 Å². The highest BCUT2D eigenvalue weighted by molar-refractivity contribution is 7.19. The molecule has 2 aliphatic rings. The van der Waals surface area contributed by atoms with Crippen molar-refractivity contribution in [2.75, 3.05) is 24.7 Å². The number of thiophene rings is 1. The topological polar surface area (TPSA) is 114 Å². The molecule has 2 aliphatic carbocycles. The van der Waals surface area contributed by atoms with E-state index >= 15 is 0 Å². The molecule has 3 aromatic heterocycles. The zero-order valence-electron chi connectivity index (χ0n) is 21.0. The van der Waals surface area contributed by atoms with E-state index in [9.17, 15) is 4.79 Å². The maximum Gasteiger partial charge on any atom is 0.231 e. The average molecular weight is 497 g/mol. The Hall–Kier alpha value is -2.72. The molecule has 0 radical (unpaired) electrons. The first-order chi connectivity index (χ1) is 16.8. The van der Waals surface area contributed by atoms with Crippen LogP contribution in [0.1, 0.15) is 62.4 Å². The lowest BCUT2D eigenvalue weighted by Crippen LogP contribution is -2.36. The number of nitrogens with zero attached hydrogens (tertiary/aromatic N) is 5. The van der Waals surface area contributed by atoms with Gasteiger partial charge in [-0.2, -0.15) is 10.1 Å². The first-order valence-corrected chi connectivity index (χ1v) is 13.5. The van der Waals surface area contributed by atoms with Crippen molar-refractivity contribution in [3.8, 4) is 0 Å². The SMILES string of the molecule is CC(C)n1ccc(Nc2nc(N[C@H]3CC[C@H](N(C)C)CC3)c3c4c(sc3n2)CC[C@@H](C(N)=O)C4)n1. The summed E-state index contributed by atoms with van der Waals surface area (Å²) < 4.78 is 1.91. The van der Waals surface area contributed by atoms with Crippen molar-refractivity contribution in [2.45, 2.75) is 76.9 Å². The number of anilines is 3. The van der Waals surface area contributed by atoms with E-state index in [1.54, 1.807) is 11.3 Å². The quantitative estimate of drug-likeness (QED) is 0.451. The molecule has 9 nitrogen and oxygen atoms in total. The van der Waals surface area contributed by atoms with Gasteiger partial charge in [0.2, 0.25) is 11.9 Å². The van der Waals surface area contributed by atoms with Crippen LogP contribution in [-0.2, 0) is 17.6 Å². The summed E-state index contributed by atoms with van der Waals surface area (Å²) in [5.74, 6) is 1.79. The second-order valence-corrected chi connectivity index (χ2v) is 11.5. The van der Waals surface area contributed by atoms with Gasteiger partial charge >= 0.3 is 0 Å². The van der Waals surface area contributed by atoms with Crippen molar-refractivity contribution in [2.24, 2.45) is 11.7 Å². The fourth-order valence-corrected chi connectivity index (χ4v) is 6.53. The van der Waals surface area contributed by atoms with Crippen molar-refractivity contribution in [1.29, 1.82) is 0 Å². The average Bonchev–Trinajstić information content (AvgIpc) is 3.43. The predicted molar refractivity (Wildman–Crippen MR) is 141 cm³/mol. The lowest BCUT2D eigenvalue weighted by Gasteiger charge is -2.33. The molecular formula is C25H36N8OS. The van der Waals surface area contributed by atoms with Crippen LogP contribution in [0.25, 0.3) is 10.2 Å². The number of fused-ring (bicyclic) bond motifs is 3. The summed E-state index contributed by atoms with van der Waals surface area (Å²) in [6, 6.07) is 3.23. The van der Waals surface area contributed by atoms with Crippen LogP contribution in [0.5, 0.6) is 0 Å². The molecule has 3 heterocycles. The molecule has 4 N–H and O–H groups in total. The van der Waals surface area contributed by atoms with Crippen molar-refractivity contribution in [3.05, 3.63) is 22.7 Å². The highest BCUT2D eigenvalue weighted by atomic mass is 32.1. The van der Waals surface area contributed by atoms with Crippen LogP contribution in [0.4, 0.5) is 17.6 Å². The van der Waals surface area contributed by atoms with Crippen molar-refractivity contribution >= 4 is 45.0 Å². The second-order valence-electron chi connectivity index (χ2n) is 10.4. The third-order valence-corrected chi connectivity index (χ3v) is 8.64. The molecular weight excluding hydrogens is 460 g/mol. The number of amides is 1. The van der Waals surface area contributed by atoms with E-state index in [2.05, 4.69) is 48.6 Å². The molecule has 188 valence electrons. The van der Waals surface area contributed by atoms with Gasteiger partial charge in [0.15, 0.2) is 5.82 Å². The maximum atomic E-state index is 12.0. The molecule has 0 saturated heterocycles. The van der Waals surface area contributed by atoms with Gasteiger partial charge in [0.1, 0.15) is 10.6 Å². The van der Waals surface area contributed by atoms with E-state index in [-0.39, 0.29) is 17.9 Å². The summed E-state index contributed by atoms with van der Waals surface area (Å²) in [5.41, 5.74) is 6.88. The molecule has 0 unspecified atom stereocenters. The molecule has 0 aliphatic heterocycles. The number of primary amides is 1.